The number of rotatable bonds is 4. The number of nitrogens with zero attached hydrogens (tertiary/aromatic N) is 1. The lowest BCUT2D eigenvalue weighted by atomic mass is 10.2. The van der Waals surface area contributed by atoms with Gasteiger partial charge in [0.15, 0.2) is 17.7 Å². The highest BCUT2D eigenvalue weighted by atomic mass is 16.5. The molecule has 15 heavy (non-hydrogen) atoms. The number of hydrogen-bond acceptors (Lipinski definition) is 5. The van der Waals surface area contributed by atoms with Crippen LogP contribution in [0.5, 0.6) is 17.2 Å². The summed E-state index contributed by atoms with van der Waals surface area (Å²) in [4.78, 5) is 0. The summed E-state index contributed by atoms with van der Waals surface area (Å²) in [5, 5.41) is 11.0. The molecule has 0 aliphatic heterocycles. The largest absolute Gasteiger partial charge is 0.493 e. The third-order valence-electron chi connectivity index (χ3n) is 1.86. The number of anilines is 1. The van der Waals surface area contributed by atoms with Gasteiger partial charge in [-0.2, -0.15) is 5.26 Å². The summed E-state index contributed by atoms with van der Waals surface area (Å²) in [6.07, 6.45) is 1.82. The van der Waals surface area contributed by atoms with Gasteiger partial charge in [0.05, 0.1) is 27.0 Å². The van der Waals surface area contributed by atoms with Gasteiger partial charge in [-0.1, -0.05) is 0 Å². The van der Waals surface area contributed by atoms with Crippen LogP contribution in [-0.2, 0) is 0 Å². The summed E-state index contributed by atoms with van der Waals surface area (Å²) in [7, 11) is 4.57. The lowest BCUT2D eigenvalue weighted by molar-refractivity contribution is 0.324. The maximum absolute atomic E-state index is 8.50. The lowest BCUT2D eigenvalue weighted by Gasteiger charge is -2.13. The Morgan fingerprint density at radius 1 is 1.07 bits per heavy atom. The van der Waals surface area contributed by atoms with Gasteiger partial charge >= 0.3 is 0 Å². The van der Waals surface area contributed by atoms with Gasteiger partial charge in [-0.05, 0) is 0 Å². The van der Waals surface area contributed by atoms with E-state index in [4.69, 9.17) is 19.5 Å². The highest BCUT2D eigenvalue weighted by molar-refractivity contribution is 5.63. The van der Waals surface area contributed by atoms with E-state index in [0.29, 0.717) is 22.9 Å². The zero-order valence-corrected chi connectivity index (χ0v) is 8.83. The van der Waals surface area contributed by atoms with Crippen LogP contribution < -0.4 is 19.5 Å². The molecule has 0 spiro atoms. The first kappa shape index (κ1) is 11.0. The maximum Gasteiger partial charge on any atom is 0.203 e. The van der Waals surface area contributed by atoms with Crippen molar-refractivity contribution in [2.75, 3.05) is 26.6 Å². The van der Waals surface area contributed by atoms with Crippen molar-refractivity contribution in [3.05, 3.63) is 12.1 Å². The fourth-order valence-corrected chi connectivity index (χ4v) is 1.22. The number of nitrogens with one attached hydrogen (secondary N) is 1. The molecule has 0 bridgehead atoms. The number of nitriles is 1. The second kappa shape index (κ2) is 4.96. The lowest BCUT2D eigenvalue weighted by Crippen LogP contribution is -1.97. The fraction of sp³-hybridized carbons (Fsp3) is 0.300. The second-order valence-corrected chi connectivity index (χ2v) is 2.65. The van der Waals surface area contributed by atoms with E-state index in [9.17, 15) is 0 Å². The molecule has 0 aliphatic rings. The van der Waals surface area contributed by atoms with Crippen LogP contribution in [0.1, 0.15) is 0 Å². The highest BCUT2D eigenvalue weighted by Gasteiger charge is 2.12. The van der Waals surface area contributed by atoms with Gasteiger partial charge in [0.2, 0.25) is 5.75 Å². The van der Waals surface area contributed by atoms with E-state index in [1.807, 2.05) is 6.19 Å². The molecule has 1 aromatic carbocycles. The summed E-state index contributed by atoms with van der Waals surface area (Å²) in [5.41, 5.74) is 0.590. The van der Waals surface area contributed by atoms with Gasteiger partial charge in [0.1, 0.15) is 0 Å². The van der Waals surface area contributed by atoms with Gasteiger partial charge in [0, 0.05) is 12.1 Å². The summed E-state index contributed by atoms with van der Waals surface area (Å²) in [5.74, 6) is 1.52. The minimum atomic E-state index is 0.503. The third kappa shape index (κ3) is 2.23. The van der Waals surface area contributed by atoms with Crippen LogP contribution in [0.3, 0.4) is 0 Å². The first-order valence-electron chi connectivity index (χ1n) is 4.22. The van der Waals surface area contributed by atoms with E-state index in [0.717, 1.165) is 0 Å². The Hall–Kier alpha value is -2.09. The van der Waals surface area contributed by atoms with Crippen molar-refractivity contribution < 1.29 is 14.2 Å². The highest BCUT2D eigenvalue weighted by Crippen LogP contribution is 2.39. The molecule has 5 heteroatoms. The average Bonchev–Trinajstić information content (AvgIpc) is 2.28. The maximum atomic E-state index is 8.50. The molecule has 1 rings (SSSR count). The smallest absolute Gasteiger partial charge is 0.203 e. The van der Waals surface area contributed by atoms with Gasteiger partial charge in [-0.15, -0.1) is 0 Å². The standard InChI is InChI=1S/C10H12N2O3/c1-13-8-4-7(12-6-11)5-9(14-2)10(8)15-3/h4-5,12H,1-3H3. The molecular weight excluding hydrogens is 196 g/mol. The number of hydrogen-bond donors (Lipinski definition) is 1. The minimum absolute atomic E-state index is 0.503. The van der Waals surface area contributed by atoms with Gasteiger partial charge in [0.25, 0.3) is 0 Å². The molecule has 5 nitrogen and oxygen atoms in total. The van der Waals surface area contributed by atoms with Crippen molar-refractivity contribution in [2.45, 2.75) is 0 Å². The Bertz CT molecular complexity index is 360. The molecule has 0 radical (unpaired) electrons. The van der Waals surface area contributed by atoms with Crippen LogP contribution in [0.2, 0.25) is 0 Å². The zero-order chi connectivity index (χ0) is 11.3. The minimum Gasteiger partial charge on any atom is -0.493 e. The fourth-order valence-electron chi connectivity index (χ4n) is 1.22. The Labute approximate surface area is 88.2 Å². The van der Waals surface area contributed by atoms with Crippen molar-refractivity contribution in [3.63, 3.8) is 0 Å². The normalized spacial score (nSPS) is 8.93. The molecule has 0 saturated heterocycles. The van der Waals surface area contributed by atoms with E-state index in [2.05, 4.69) is 5.32 Å². The molecule has 1 aromatic rings. The van der Waals surface area contributed by atoms with Crippen LogP contribution in [0.25, 0.3) is 0 Å². The molecule has 1 N–H and O–H groups in total. The predicted octanol–water partition coefficient (Wildman–Crippen LogP) is 1.61. The SMILES string of the molecule is COc1cc(NC#N)cc(OC)c1OC. The van der Waals surface area contributed by atoms with E-state index < -0.39 is 0 Å². The Morgan fingerprint density at radius 3 is 1.93 bits per heavy atom. The van der Waals surface area contributed by atoms with Crippen LogP contribution in [-0.4, -0.2) is 21.3 Å². The first-order valence-corrected chi connectivity index (χ1v) is 4.22. The monoisotopic (exact) mass is 208 g/mol. The van der Waals surface area contributed by atoms with E-state index in [1.165, 1.54) is 21.3 Å². The Balaban J connectivity index is 3.24. The van der Waals surface area contributed by atoms with Crippen LogP contribution in [0, 0.1) is 11.5 Å². The van der Waals surface area contributed by atoms with Gasteiger partial charge in [-0.3, -0.25) is 5.32 Å². The average molecular weight is 208 g/mol. The van der Waals surface area contributed by atoms with Crippen LogP contribution in [0.15, 0.2) is 12.1 Å². The molecule has 0 heterocycles. The topological polar surface area (TPSA) is 63.5 Å². The van der Waals surface area contributed by atoms with Crippen molar-refractivity contribution in [3.8, 4) is 23.4 Å². The van der Waals surface area contributed by atoms with E-state index in [1.54, 1.807) is 12.1 Å². The van der Waals surface area contributed by atoms with Crippen molar-refractivity contribution >= 4 is 5.69 Å². The molecule has 0 saturated carbocycles. The second-order valence-electron chi connectivity index (χ2n) is 2.65. The van der Waals surface area contributed by atoms with Gasteiger partial charge in [-0.25, -0.2) is 0 Å². The molecule has 0 amide bonds. The summed E-state index contributed by atoms with van der Waals surface area (Å²) in [6, 6.07) is 3.31. The molecule has 0 fully saturated rings. The Morgan fingerprint density at radius 2 is 1.60 bits per heavy atom. The zero-order valence-electron chi connectivity index (χ0n) is 8.83. The van der Waals surface area contributed by atoms with Crippen molar-refractivity contribution in [1.82, 2.24) is 0 Å². The number of ether oxygens (including phenoxy) is 3. The number of methoxy groups -OCH3 is 3. The molecule has 0 aliphatic carbocycles. The molecule has 80 valence electrons. The number of benzene rings is 1. The molecular formula is C10H12N2O3. The summed E-state index contributed by atoms with van der Waals surface area (Å²) >= 11 is 0. The Kier molecular flexibility index (Phi) is 3.63. The van der Waals surface area contributed by atoms with Crippen molar-refractivity contribution in [1.29, 1.82) is 5.26 Å². The molecule has 0 atom stereocenters. The van der Waals surface area contributed by atoms with E-state index >= 15 is 0 Å². The van der Waals surface area contributed by atoms with Crippen molar-refractivity contribution in [2.24, 2.45) is 0 Å². The summed E-state index contributed by atoms with van der Waals surface area (Å²) < 4.78 is 15.4. The quantitative estimate of drug-likeness (QED) is 0.601. The van der Waals surface area contributed by atoms with Gasteiger partial charge < -0.3 is 14.2 Å². The van der Waals surface area contributed by atoms with E-state index in [-0.39, 0.29) is 0 Å². The first-order chi connectivity index (χ1) is 7.26. The van der Waals surface area contributed by atoms with Crippen LogP contribution in [0.4, 0.5) is 5.69 Å². The summed E-state index contributed by atoms with van der Waals surface area (Å²) in [6.45, 7) is 0. The molecule has 0 aromatic heterocycles. The van der Waals surface area contributed by atoms with Crippen LogP contribution >= 0.6 is 0 Å². The molecule has 0 unspecified atom stereocenters. The third-order valence-corrected chi connectivity index (χ3v) is 1.86. The predicted molar refractivity (Wildman–Crippen MR) is 55.3 cm³/mol.